The fraction of sp³-hybridized carbons (Fsp3) is 0.625. The quantitative estimate of drug-likeness (QED) is 0.261. The molecule has 0 bridgehead atoms. The highest BCUT2D eigenvalue weighted by atomic mass is 16.5. The van der Waals surface area contributed by atoms with Crippen LogP contribution in [0.25, 0.3) is 11.1 Å². The Morgan fingerprint density at radius 2 is 1.27 bits per heavy atom. The van der Waals surface area contributed by atoms with Crippen LogP contribution in [0.4, 0.5) is 0 Å². The van der Waals surface area contributed by atoms with Crippen molar-refractivity contribution in [3.05, 3.63) is 54.1 Å². The molecule has 2 aromatic carbocycles. The summed E-state index contributed by atoms with van der Waals surface area (Å²) in [5.74, 6) is 3.62. The molecule has 0 spiro atoms. The summed E-state index contributed by atoms with van der Waals surface area (Å²) in [7, 11) is 0. The van der Waals surface area contributed by atoms with Gasteiger partial charge in [0.2, 0.25) is 0 Å². The smallest absolute Gasteiger partial charge is 0.119 e. The first-order chi connectivity index (χ1) is 16.2. The molecular formula is C32H48O. The van der Waals surface area contributed by atoms with Crippen molar-refractivity contribution in [1.82, 2.24) is 0 Å². The van der Waals surface area contributed by atoms with Crippen LogP contribution in [0.5, 0.6) is 5.75 Å². The van der Waals surface area contributed by atoms with Gasteiger partial charge in [-0.25, -0.2) is 0 Å². The normalized spacial score (nSPS) is 19.4. The van der Waals surface area contributed by atoms with E-state index < -0.39 is 0 Å². The zero-order valence-corrected chi connectivity index (χ0v) is 21.7. The van der Waals surface area contributed by atoms with Crippen LogP contribution in [-0.2, 0) is 6.42 Å². The molecule has 1 heteroatoms. The summed E-state index contributed by atoms with van der Waals surface area (Å²) in [6.45, 7) is 7.55. The molecule has 0 aromatic heterocycles. The maximum absolute atomic E-state index is 5.89. The Hall–Kier alpha value is -1.76. The van der Waals surface area contributed by atoms with Crippen molar-refractivity contribution in [3.63, 3.8) is 0 Å². The predicted octanol–water partition coefficient (Wildman–Crippen LogP) is 9.88. The number of rotatable bonds is 14. The first-order valence-corrected chi connectivity index (χ1v) is 14.0. The topological polar surface area (TPSA) is 9.23 Å². The fourth-order valence-electron chi connectivity index (χ4n) is 5.22. The standard InChI is InChI=1S/C32H48O/c1-4-6-7-10-27-13-15-28(16-14-27)11-8-9-12-29-17-19-30(20-18-29)31-21-23-32(24-22-31)33-25-26(3)5-2/h17-24,26-28H,4-16,25H2,1-3H3/t26-,27?,28?/m0/s1. The van der Waals surface area contributed by atoms with Gasteiger partial charge in [-0.1, -0.05) is 128 Å². The van der Waals surface area contributed by atoms with Gasteiger partial charge < -0.3 is 4.74 Å². The third kappa shape index (κ3) is 9.19. The average Bonchev–Trinajstić information content (AvgIpc) is 2.87. The Morgan fingerprint density at radius 3 is 1.82 bits per heavy atom. The summed E-state index contributed by atoms with van der Waals surface area (Å²) >= 11 is 0. The molecule has 1 nitrogen and oxygen atoms in total. The molecule has 33 heavy (non-hydrogen) atoms. The van der Waals surface area contributed by atoms with E-state index in [4.69, 9.17) is 4.74 Å². The van der Waals surface area contributed by atoms with Gasteiger partial charge in [0.1, 0.15) is 5.75 Å². The summed E-state index contributed by atoms with van der Waals surface area (Å²) in [4.78, 5) is 0. The molecule has 1 fully saturated rings. The molecule has 182 valence electrons. The maximum atomic E-state index is 5.89. The van der Waals surface area contributed by atoms with Crippen LogP contribution >= 0.6 is 0 Å². The highest BCUT2D eigenvalue weighted by Crippen LogP contribution is 2.34. The van der Waals surface area contributed by atoms with E-state index in [2.05, 4.69) is 69.3 Å². The summed E-state index contributed by atoms with van der Waals surface area (Å²) in [5.41, 5.74) is 4.04. The number of benzene rings is 2. The van der Waals surface area contributed by atoms with Crippen molar-refractivity contribution in [2.24, 2.45) is 17.8 Å². The van der Waals surface area contributed by atoms with Gasteiger partial charge in [-0.2, -0.15) is 0 Å². The van der Waals surface area contributed by atoms with Crippen LogP contribution in [0.2, 0.25) is 0 Å². The maximum Gasteiger partial charge on any atom is 0.119 e. The van der Waals surface area contributed by atoms with Gasteiger partial charge in [0.15, 0.2) is 0 Å². The van der Waals surface area contributed by atoms with Crippen LogP contribution in [0.1, 0.15) is 103 Å². The van der Waals surface area contributed by atoms with Crippen LogP contribution in [0.15, 0.2) is 48.5 Å². The molecular weight excluding hydrogens is 400 g/mol. The molecule has 2 aromatic rings. The van der Waals surface area contributed by atoms with Gasteiger partial charge in [-0.05, 0) is 59.4 Å². The SMILES string of the molecule is CCCCCC1CCC(CCCCc2ccc(-c3ccc(OC[C@@H](C)CC)cc3)cc2)CC1. The highest BCUT2D eigenvalue weighted by Gasteiger charge is 2.20. The number of hydrogen-bond donors (Lipinski definition) is 0. The molecule has 0 saturated heterocycles. The first-order valence-electron chi connectivity index (χ1n) is 14.0. The van der Waals surface area contributed by atoms with E-state index in [0.717, 1.165) is 30.6 Å². The van der Waals surface area contributed by atoms with Crippen LogP contribution in [0.3, 0.4) is 0 Å². The number of unbranched alkanes of at least 4 members (excludes halogenated alkanes) is 3. The summed E-state index contributed by atoms with van der Waals surface area (Å²) in [6, 6.07) is 17.8. The van der Waals surface area contributed by atoms with Crippen LogP contribution in [-0.4, -0.2) is 6.61 Å². The molecule has 3 rings (SSSR count). The van der Waals surface area contributed by atoms with Crippen molar-refractivity contribution in [3.8, 4) is 16.9 Å². The first kappa shape index (κ1) is 25.9. The predicted molar refractivity (Wildman–Crippen MR) is 144 cm³/mol. The lowest BCUT2D eigenvalue weighted by molar-refractivity contribution is 0.245. The second-order valence-corrected chi connectivity index (χ2v) is 10.7. The van der Waals surface area contributed by atoms with E-state index in [-0.39, 0.29) is 0 Å². The molecule has 0 aliphatic heterocycles. The van der Waals surface area contributed by atoms with Crippen molar-refractivity contribution in [2.75, 3.05) is 6.61 Å². The van der Waals surface area contributed by atoms with Crippen LogP contribution < -0.4 is 4.74 Å². The molecule has 1 atom stereocenters. The summed E-state index contributed by atoms with van der Waals surface area (Å²) in [6.07, 6.45) is 18.3. The molecule has 0 unspecified atom stereocenters. The zero-order valence-electron chi connectivity index (χ0n) is 21.7. The van der Waals surface area contributed by atoms with E-state index in [1.165, 1.54) is 93.7 Å². The Morgan fingerprint density at radius 1 is 0.727 bits per heavy atom. The molecule has 0 N–H and O–H groups in total. The average molecular weight is 449 g/mol. The van der Waals surface area contributed by atoms with Gasteiger partial charge in [-0.15, -0.1) is 0 Å². The van der Waals surface area contributed by atoms with Gasteiger partial charge in [0, 0.05) is 0 Å². The van der Waals surface area contributed by atoms with E-state index in [9.17, 15) is 0 Å². The Bertz CT molecular complexity index is 752. The molecule has 0 amide bonds. The molecule has 0 radical (unpaired) electrons. The largest absolute Gasteiger partial charge is 0.493 e. The lowest BCUT2D eigenvalue weighted by Gasteiger charge is -2.28. The van der Waals surface area contributed by atoms with Crippen molar-refractivity contribution in [1.29, 1.82) is 0 Å². The molecule has 1 aliphatic carbocycles. The third-order valence-corrected chi connectivity index (χ3v) is 7.88. The minimum Gasteiger partial charge on any atom is -0.493 e. The minimum atomic E-state index is 0.604. The third-order valence-electron chi connectivity index (χ3n) is 7.88. The van der Waals surface area contributed by atoms with Crippen molar-refractivity contribution in [2.45, 2.75) is 104 Å². The fourth-order valence-corrected chi connectivity index (χ4v) is 5.22. The Balaban J connectivity index is 1.33. The minimum absolute atomic E-state index is 0.604. The number of aryl methyl sites for hydroxylation is 1. The Kier molecular flexibility index (Phi) is 11.4. The Labute approximate surface area is 204 Å². The van der Waals surface area contributed by atoms with Gasteiger partial charge in [0.25, 0.3) is 0 Å². The number of hydrogen-bond acceptors (Lipinski definition) is 1. The highest BCUT2D eigenvalue weighted by molar-refractivity contribution is 5.64. The van der Waals surface area contributed by atoms with E-state index in [1.807, 2.05) is 0 Å². The summed E-state index contributed by atoms with van der Waals surface area (Å²) < 4.78 is 5.89. The lowest BCUT2D eigenvalue weighted by atomic mass is 9.78. The lowest BCUT2D eigenvalue weighted by Crippen LogP contribution is -2.14. The van der Waals surface area contributed by atoms with Gasteiger partial charge in [-0.3, -0.25) is 0 Å². The van der Waals surface area contributed by atoms with Crippen LogP contribution in [0, 0.1) is 17.8 Å². The molecule has 1 saturated carbocycles. The molecule has 1 aliphatic rings. The summed E-state index contributed by atoms with van der Waals surface area (Å²) in [5, 5.41) is 0. The zero-order chi connectivity index (χ0) is 23.3. The van der Waals surface area contributed by atoms with Gasteiger partial charge >= 0.3 is 0 Å². The van der Waals surface area contributed by atoms with E-state index in [1.54, 1.807) is 0 Å². The molecule has 0 heterocycles. The monoisotopic (exact) mass is 448 g/mol. The van der Waals surface area contributed by atoms with E-state index in [0.29, 0.717) is 5.92 Å². The van der Waals surface area contributed by atoms with Crippen molar-refractivity contribution < 1.29 is 4.74 Å². The van der Waals surface area contributed by atoms with Gasteiger partial charge in [0.05, 0.1) is 6.61 Å². The van der Waals surface area contributed by atoms with E-state index >= 15 is 0 Å². The second-order valence-electron chi connectivity index (χ2n) is 10.7. The van der Waals surface area contributed by atoms with Crippen molar-refractivity contribution >= 4 is 0 Å². The second kappa shape index (κ2) is 14.5. The number of ether oxygens (including phenoxy) is 1.